The van der Waals surface area contributed by atoms with Crippen molar-refractivity contribution in [3.63, 3.8) is 0 Å². The fourth-order valence-electron chi connectivity index (χ4n) is 2.68. The Morgan fingerprint density at radius 1 is 0.920 bits per heavy atom. The normalized spacial score (nSPS) is 10.2. The first kappa shape index (κ1) is 18.7. The summed E-state index contributed by atoms with van der Waals surface area (Å²) in [6, 6.07) is 17.6. The van der Waals surface area contributed by atoms with Crippen molar-refractivity contribution in [2.75, 3.05) is 0 Å². The Morgan fingerprint density at radius 2 is 1.52 bits per heavy atom. The van der Waals surface area contributed by atoms with E-state index in [1.165, 1.54) is 19.3 Å². The first-order valence-corrected chi connectivity index (χ1v) is 9.00. The summed E-state index contributed by atoms with van der Waals surface area (Å²) in [6.45, 7) is 2.18. The second-order valence-corrected chi connectivity index (χ2v) is 6.19. The number of carbonyl (C=O) groups excluding carboxylic acids is 1. The fourth-order valence-corrected chi connectivity index (χ4v) is 2.68. The summed E-state index contributed by atoms with van der Waals surface area (Å²) in [6.07, 6.45) is 6.51. The quantitative estimate of drug-likeness (QED) is 0.336. The van der Waals surface area contributed by atoms with Crippen molar-refractivity contribution in [2.24, 2.45) is 0 Å². The molecular formula is C22H25NO2. The van der Waals surface area contributed by atoms with E-state index in [2.05, 4.69) is 13.0 Å². The molecule has 0 saturated carbocycles. The van der Waals surface area contributed by atoms with E-state index in [0.717, 1.165) is 29.5 Å². The zero-order chi connectivity index (χ0) is 17.9. The third-order valence-electron chi connectivity index (χ3n) is 4.14. The monoisotopic (exact) mass is 335 g/mol. The molecule has 2 aromatic rings. The molecule has 0 aliphatic heterocycles. The molecule has 0 aromatic heterocycles. The molecule has 0 aliphatic rings. The van der Waals surface area contributed by atoms with Gasteiger partial charge in [0.1, 0.15) is 5.75 Å². The van der Waals surface area contributed by atoms with E-state index in [4.69, 9.17) is 10.00 Å². The van der Waals surface area contributed by atoms with E-state index < -0.39 is 0 Å². The summed E-state index contributed by atoms with van der Waals surface area (Å²) in [5.41, 5.74) is 3.15. The van der Waals surface area contributed by atoms with Gasteiger partial charge in [-0.15, -0.1) is 0 Å². The second-order valence-electron chi connectivity index (χ2n) is 6.19. The van der Waals surface area contributed by atoms with Crippen molar-refractivity contribution < 1.29 is 9.53 Å². The molecule has 2 rings (SSSR count). The largest absolute Gasteiger partial charge is 0.427 e. The number of benzene rings is 2. The van der Waals surface area contributed by atoms with Crippen molar-refractivity contribution in [2.45, 2.75) is 51.9 Å². The lowest BCUT2D eigenvalue weighted by molar-refractivity contribution is -0.134. The maximum atomic E-state index is 11.9. The zero-order valence-corrected chi connectivity index (χ0v) is 14.8. The van der Waals surface area contributed by atoms with E-state index in [1.807, 2.05) is 48.5 Å². The highest BCUT2D eigenvalue weighted by Crippen LogP contribution is 2.23. The highest BCUT2D eigenvalue weighted by Gasteiger charge is 2.05. The van der Waals surface area contributed by atoms with Gasteiger partial charge in [0.25, 0.3) is 0 Å². The SMILES string of the molecule is CCCCCCCC(=O)Oc1ccc(-c2ccc(CC#N)cc2)cc1. The average Bonchev–Trinajstić information content (AvgIpc) is 2.63. The van der Waals surface area contributed by atoms with Crippen LogP contribution in [0.2, 0.25) is 0 Å². The van der Waals surface area contributed by atoms with E-state index >= 15 is 0 Å². The highest BCUT2D eigenvalue weighted by atomic mass is 16.5. The number of nitriles is 1. The van der Waals surface area contributed by atoms with Crippen LogP contribution >= 0.6 is 0 Å². The van der Waals surface area contributed by atoms with Gasteiger partial charge in [-0.2, -0.15) is 5.26 Å². The summed E-state index contributed by atoms with van der Waals surface area (Å²) in [5, 5.41) is 8.71. The lowest BCUT2D eigenvalue weighted by Gasteiger charge is -2.07. The van der Waals surface area contributed by atoms with E-state index in [9.17, 15) is 4.79 Å². The minimum atomic E-state index is -0.162. The second kappa shape index (κ2) is 10.3. The molecule has 0 amide bonds. The van der Waals surface area contributed by atoms with Crippen LogP contribution in [-0.2, 0) is 11.2 Å². The van der Waals surface area contributed by atoms with Gasteiger partial charge in [0.05, 0.1) is 12.5 Å². The minimum Gasteiger partial charge on any atom is -0.427 e. The summed E-state index contributed by atoms with van der Waals surface area (Å²) < 4.78 is 5.39. The van der Waals surface area contributed by atoms with Gasteiger partial charge >= 0.3 is 5.97 Å². The maximum absolute atomic E-state index is 11.9. The van der Waals surface area contributed by atoms with Crippen LogP contribution in [0.1, 0.15) is 51.0 Å². The molecule has 0 spiro atoms. The van der Waals surface area contributed by atoms with Gasteiger partial charge in [-0.3, -0.25) is 4.79 Å². The Labute approximate surface area is 150 Å². The molecular weight excluding hydrogens is 310 g/mol. The summed E-state index contributed by atoms with van der Waals surface area (Å²) in [5.74, 6) is 0.425. The van der Waals surface area contributed by atoms with Crippen molar-refractivity contribution in [1.82, 2.24) is 0 Å². The first-order valence-electron chi connectivity index (χ1n) is 9.00. The van der Waals surface area contributed by atoms with Crippen molar-refractivity contribution >= 4 is 5.97 Å². The van der Waals surface area contributed by atoms with Crippen molar-refractivity contribution in [1.29, 1.82) is 5.26 Å². The van der Waals surface area contributed by atoms with Crippen molar-refractivity contribution in [3.05, 3.63) is 54.1 Å². The van der Waals surface area contributed by atoms with Crippen LogP contribution in [-0.4, -0.2) is 5.97 Å². The van der Waals surface area contributed by atoms with Gasteiger partial charge < -0.3 is 4.74 Å². The lowest BCUT2D eigenvalue weighted by atomic mass is 10.0. The molecule has 0 saturated heterocycles. The number of hydrogen-bond donors (Lipinski definition) is 0. The van der Waals surface area contributed by atoms with Crippen molar-refractivity contribution in [3.8, 4) is 22.9 Å². The maximum Gasteiger partial charge on any atom is 0.311 e. The van der Waals surface area contributed by atoms with Gasteiger partial charge in [0.2, 0.25) is 0 Å². The molecule has 25 heavy (non-hydrogen) atoms. The molecule has 2 aromatic carbocycles. The summed E-state index contributed by atoms with van der Waals surface area (Å²) in [4.78, 5) is 11.9. The topological polar surface area (TPSA) is 50.1 Å². The number of nitrogens with zero attached hydrogens (tertiary/aromatic N) is 1. The fraction of sp³-hybridized carbons (Fsp3) is 0.364. The highest BCUT2D eigenvalue weighted by molar-refractivity contribution is 5.73. The molecule has 0 aliphatic carbocycles. The third-order valence-corrected chi connectivity index (χ3v) is 4.14. The molecule has 3 heteroatoms. The minimum absolute atomic E-state index is 0.162. The van der Waals surface area contributed by atoms with Gasteiger partial charge in [0.15, 0.2) is 0 Å². The molecule has 0 heterocycles. The van der Waals surface area contributed by atoms with E-state index in [-0.39, 0.29) is 5.97 Å². The zero-order valence-electron chi connectivity index (χ0n) is 14.8. The molecule has 0 fully saturated rings. The Bertz CT molecular complexity index is 696. The summed E-state index contributed by atoms with van der Waals surface area (Å²) in [7, 11) is 0. The lowest BCUT2D eigenvalue weighted by Crippen LogP contribution is -2.07. The first-order chi connectivity index (χ1) is 12.2. The van der Waals surface area contributed by atoms with Gasteiger partial charge in [-0.1, -0.05) is 69.0 Å². The number of rotatable bonds is 9. The van der Waals surface area contributed by atoms with Gasteiger partial charge in [-0.05, 0) is 35.2 Å². The van der Waals surface area contributed by atoms with Crippen LogP contribution in [0.15, 0.2) is 48.5 Å². The van der Waals surface area contributed by atoms with E-state index in [0.29, 0.717) is 18.6 Å². The molecule has 0 N–H and O–H groups in total. The smallest absolute Gasteiger partial charge is 0.311 e. The Kier molecular flexibility index (Phi) is 7.72. The van der Waals surface area contributed by atoms with Gasteiger partial charge in [0, 0.05) is 6.42 Å². The Morgan fingerprint density at radius 3 is 2.12 bits per heavy atom. The molecule has 0 atom stereocenters. The Balaban J connectivity index is 1.85. The predicted molar refractivity (Wildman–Crippen MR) is 100 cm³/mol. The number of esters is 1. The molecule has 130 valence electrons. The summed E-state index contributed by atoms with van der Waals surface area (Å²) >= 11 is 0. The van der Waals surface area contributed by atoms with E-state index in [1.54, 1.807) is 0 Å². The average molecular weight is 335 g/mol. The molecule has 0 bridgehead atoms. The van der Waals surface area contributed by atoms with Gasteiger partial charge in [-0.25, -0.2) is 0 Å². The third kappa shape index (κ3) is 6.43. The van der Waals surface area contributed by atoms with Crippen LogP contribution in [0.5, 0.6) is 5.75 Å². The van der Waals surface area contributed by atoms with Crippen LogP contribution in [0.25, 0.3) is 11.1 Å². The number of carbonyl (C=O) groups is 1. The van der Waals surface area contributed by atoms with Crippen LogP contribution in [0.3, 0.4) is 0 Å². The molecule has 0 radical (unpaired) electrons. The standard InChI is InChI=1S/C22H25NO2/c1-2-3-4-5-6-7-22(24)25-21-14-12-20(13-15-21)19-10-8-18(9-11-19)16-17-23/h8-15H,2-7,16H2,1H3. The number of ether oxygens (including phenoxy) is 1. The predicted octanol–water partition coefficient (Wildman–Crippen LogP) is 5.69. The number of hydrogen-bond acceptors (Lipinski definition) is 3. The number of unbranched alkanes of at least 4 members (excludes halogenated alkanes) is 4. The molecule has 3 nitrogen and oxygen atoms in total. The van der Waals surface area contributed by atoms with Crippen LogP contribution < -0.4 is 4.74 Å². The molecule has 0 unspecified atom stereocenters. The van der Waals surface area contributed by atoms with Crippen LogP contribution in [0.4, 0.5) is 0 Å². The van der Waals surface area contributed by atoms with Crippen LogP contribution in [0, 0.1) is 11.3 Å². The Hall–Kier alpha value is -2.60.